The zero-order chi connectivity index (χ0) is 27.4. The van der Waals surface area contributed by atoms with E-state index >= 15 is 0 Å². The van der Waals surface area contributed by atoms with Crippen molar-refractivity contribution in [3.63, 3.8) is 0 Å². The highest BCUT2D eigenvalue weighted by Crippen LogP contribution is 2.36. The standard InChI is InChI=1S/C29H39N3O5/c1-28(2,3)31-25(33)24(32-22-16-12-11-15-20(22)18-23(32)26(34)36-7)21(17-19-13-9-8-10-14-19)30-27(35)37-29(4,5)6/h8-16,21,23-24H,17-18H2,1-7H3,(H,30,35)(H,31,33)/t21-,23-,24?/m0/s1. The van der Waals surface area contributed by atoms with Crippen molar-refractivity contribution in [2.45, 2.75) is 83.6 Å². The maximum absolute atomic E-state index is 14.0. The summed E-state index contributed by atoms with van der Waals surface area (Å²) in [6, 6.07) is 14.8. The molecule has 200 valence electrons. The summed E-state index contributed by atoms with van der Waals surface area (Å²) in [5.41, 5.74) is 1.36. The zero-order valence-electron chi connectivity index (χ0n) is 22.8. The number of ether oxygens (including phenoxy) is 2. The molecule has 2 aromatic rings. The lowest BCUT2D eigenvalue weighted by molar-refractivity contribution is -0.142. The van der Waals surface area contributed by atoms with E-state index in [1.807, 2.05) is 75.4 Å². The van der Waals surface area contributed by atoms with Gasteiger partial charge in [-0.25, -0.2) is 9.59 Å². The Kier molecular flexibility index (Phi) is 8.51. The first-order valence-corrected chi connectivity index (χ1v) is 12.6. The van der Waals surface area contributed by atoms with Crippen molar-refractivity contribution in [2.24, 2.45) is 0 Å². The molecule has 0 fully saturated rings. The average molecular weight is 510 g/mol. The Bertz CT molecular complexity index is 1100. The quantitative estimate of drug-likeness (QED) is 0.548. The van der Waals surface area contributed by atoms with Gasteiger partial charge < -0.3 is 25.0 Å². The van der Waals surface area contributed by atoms with Crippen LogP contribution in [-0.2, 0) is 31.9 Å². The molecule has 0 saturated heterocycles. The van der Waals surface area contributed by atoms with E-state index in [4.69, 9.17) is 9.47 Å². The lowest BCUT2D eigenvalue weighted by Gasteiger charge is -2.40. The molecule has 2 N–H and O–H groups in total. The van der Waals surface area contributed by atoms with Crippen LogP contribution in [0, 0.1) is 0 Å². The number of amides is 2. The highest BCUT2D eigenvalue weighted by Gasteiger charge is 2.46. The second kappa shape index (κ2) is 11.2. The number of benzene rings is 2. The van der Waals surface area contributed by atoms with Crippen LogP contribution in [0.4, 0.5) is 10.5 Å². The normalized spacial score (nSPS) is 16.8. The molecule has 1 heterocycles. The van der Waals surface area contributed by atoms with Gasteiger partial charge in [0.1, 0.15) is 17.7 Å². The molecule has 1 aliphatic heterocycles. The highest BCUT2D eigenvalue weighted by atomic mass is 16.6. The first-order chi connectivity index (χ1) is 17.3. The fourth-order valence-corrected chi connectivity index (χ4v) is 4.60. The molecule has 3 rings (SSSR count). The summed E-state index contributed by atoms with van der Waals surface area (Å²) >= 11 is 0. The summed E-state index contributed by atoms with van der Waals surface area (Å²) in [7, 11) is 1.34. The molecule has 8 heteroatoms. The minimum atomic E-state index is -0.931. The Hall–Kier alpha value is -3.55. The Balaban J connectivity index is 2.13. The number of carbonyl (C=O) groups is 3. The zero-order valence-corrected chi connectivity index (χ0v) is 22.8. The molecule has 2 amide bonds. The third kappa shape index (κ3) is 7.47. The molecule has 1 aliphatic rings. The number of esters is 1. The van der Waals surface area contributed by atoms with Gasteiger partial charge in [0.05, 0.1) is 13.2 Å². The number of methoxy groups -OCH3 is 1. The SMILES string of the molecule is COC(=O)[C@@H]1Cc2ccccc2N1C(C(=O)NC(C)(C)C)[C@H](Cc1ccccc1)NC(=O)OC(C)(C)C. The topological polar surface area (TPSA) is 97.0 Å². The number of anilines is 1. The van der Waals surface area contributed by atoms with Crippen molar-refractivity contribution < 1.29 is 23.9 Å². The van der Waals surface area contributed by atoms with Crippen molar-refractivity contribution in [2.75, 3.05) is 12.0 Å². The van der Waals surface area contributed by atoms with E-state index in [9.17, 15) is 14.4 Å². The van der Waals surface area contributed by atoms with Gasteiger partial charge >= 0.3 is 12.1 Å². The molecule has 2 aromatic carbocycles. The largest absolute Gasteiger partial charge is 0.467 e. The van der Waals surface area contributed by atoms with Crippen LogP contribution in [0.3, 0.4) is 0 Å². The van der Waals surface area contributed by atoms with Crippen LogP contribution in [0.5, 0.6) is 0 Å². The Morgan fingerprint density at radius 2 is 1.59 bits per heavy atom. The molecular formula is C29H39N3O5. The van der Waals surface area contributed by atoms with E-state index < -0.39 is 41.3 Å². The number of alkyl carbamates (subject to hydrolysis) is 1. The van der Waals surface area contributed by atoms with Crippen molar-refractivity contribution in [1.82, 2.24) is 10.6 Å². The van der Waals surface area contributed by atoms with E-state index in [-0.39, 0.29) is 5.91 Å². The van der Waals surface area contributed by atoms with Crippen LogP contribution in [0.2, 0.25) is 0 Å². The first-order valence-electron chi connectivity index (χ1n) is 12.6. The van der Waals surface area contributed by atoms with E-state index in [1.54, 1.807) is 25.7 Å². The summed E-state index contributed by atoms with van der Waals surface area (Å²) in [6.45, 7) is 11.0. The van der Waals surface area contributed by atoms with Crippen molar-refractivity contribution in [3.8, 4) is 0 Å². The van der Waals surface area contributed by atoms with E-state index in [2.05, 4.69) is 10.6 Å². The van der Waals surface area contributed by atoms with Gasteiger partial charge in [0.25, 0.3) is 0 Å². The molecule has 0 spiro atoms. The molecule has 0 aliphatic carbocycles. The minimum Gasteiger partial charge on any atom is -0.467 e. The van der Waals surface area contributed by atoms with Gasteiger partial charge in [0.15, 0.2) is 0 Å². The van der Waals surface area contributed by atoms with Gasteiger partial charge in [-0.05, 0) is 65.2 Å². The maximum atomic E-state index is 14.0. The van der Waals surface area contributed by atoms with Crippen LogP contribution in [0.1, 0.15) is 52.7 Å². The Labute approximate surface area is 219 Å². The van der Waals surface area contributed by atoms with Crippen LogP contribution in [0.15, 0.2) is 54.6 Å². The number of carbonyl (C=O) groups excluding carboxylic acids is 3. The number of hydrogen-bond acceptors (Lipinski definition) is 6. The van der Waals surface area contributed by atoms with Gasteiger partial charge in [-0.1, -0.05) is 48.5 Å². The number of para-hydroxylation sites is 1. The van der Waals surface area contributed by atoms with E-state index in [0.717, 1.165) is 16.8 Å². The average Bonchev–Trinajstić information content (AvgIpc) is 3.16. The summed E-state index contributed by atoms with van der Waals surface area (Å²) in [5.74, 6) is -0.754. The Morgan fingerprint density at radius 3 is 2.19 bits per heavy atom. The predicted octanol–water partition coefficient (Wildman–Crippen LogP) is 4.01. The van der Waals surface area contributed by atoms with Crippen LogP contribution < -0.4 is 15.5 Å². The van der Waals surface area contributed by atoms with Gasteiger partial charge in [-0.2, -0.15) is 0 Å². The molecule has 8 nitrogen and oxygen atoms in total. The number of hydrogen-bond donors (Lipinski definition) is 2. The number of fused-ring (bicyclic) bond motifs is 1. The van der Waals surface area contributed by atoms with Gasteiger partial charge in [-0.3, -0.25) is 4.79 Å². The molecule has 0 radical (unpaired) electrons. The third-order valence-electron chi connectivity index (χ3n) is 5.94. The summed E-state index contributed by atoms with van der Waals surface area (Å²) < 4.78 is 10.7. The fraction of sp³-hybridized carbons (Fsp3) is 0.483. The predicted molar refractivity (Wildman–Crippen MR) is 143 cm³/mol. The van der Waals surface area contributed by atoms with E-state index in [0.29, 0.717) is 12.8 Å². The molecule has 0 bridgehead atoms. The summed E-state index contributed by atoms with van der Waals surface area (Å²) in [6.07, 6.45) is 0.103. The maximum Gasteiger partial charge on any atom is 0.407 e. The van der Waals surface area contributed by atoms with Crippen molar-refractivity contribution in [1.29, 1.82) is 0 Å². The smallest absolute Gasteiger partial charge is 0.407 e. The Morgan fingerprint density at radius 1 is 0.973 bits per heavy atom. The molecular weight excluding hydrogens is 470 g/mol. The van der Waals surface area contributed by atoms with Gasteiger partial charge in [0, 0.05) is 17.6 Å². The number of nitrogens with one attached hydrogen (secondary N) is 2. The highest BCUT2D eigenvalue weighted by molar-refractivity contribution is 5.93. The first kappa shape index (κ1) is 28.0. The molecule has 3 atom stereocenters. The van der Waals surface area contributed by atoms with Crippen molar-refractivity contribution in [3.05, 3.63) is 65.7 Å². The van der Waals surface area contributed by atoms with Crippen LogP contribution >= 0.6 is 0 Å². The second-order valence-electron chi connectivity index (χ2n) is 11.4. The number of rotatable bonds is 7. The third-order valence-corrected chi connectivity index (χ3v) is 5.94. The molecule has 37 heavy (non-hydrogen) atoms. The number of nitrogens with zero attached hydrogens (tertiary/aromatic N) is 1. The minimum absolute atomic E-state index is 0.310. The lowest BCUT2D eigenvalue weighted by Crippen LogP contribution is -2.64. The molecule has 1 unspecified atom stereocenters. The second-order valence-corrected chi connectivity index (χ2v) is 11.4. The monoisotopic (exact) mass is 509 g/mol. The van der Waals surface area contributed by atoms with Crippen LogP contribution in [0.25, 0.3) is 0 Å². The van der Waals surface area contributed by atoms with Gasteiger partial charge in [0.2, 0.25) is 5.91 Å². The molecule has 0 aromatic heterocycles. The van der Waals surface area contributed by atoms with Crippen molar-refractivity contribution >= 4 is 23.7 Å². The molecule has 0 saturated carbocycles. The summed E-state index contributed by atoms with van der Waals surface area (Å²) in [4.78, 5) is 41.8. The lowest BCUT2D eigenvalue weighted by atomic mass is 9.95. The van der Waals surface area contributed by atoms with Gasteiger partial charge in [-0.15, -0.1) is 0 Å². The summed E-state index contributed by atoms with van der Waals surface area (Å²) in [5, 5.41) is 6.03. The van der Waals surface area contributed by atoms with Crippen LogP contribution in [-0.4, -0.2) is 54.3 Å². The fourth-order valence-electron chi connectivity index (χ4n) is 4.60. The van der Waals surface area contributed by atoms with E-state index in [1.165, 1.54) is 7.11 Å².